The molecular weight excluding hydrogens is 392 g/mol. The molecule has 1 aromatic heterocycles. The molecule has 2 N–H and O–H groups in total. The quantitative estimate of drug-likeness (QED) is 0.541. The van der Waals surface area contributed by atoms with E-state index in [0.29, 0.717) is 37.4 Å². The Hall–Kier alpha value is -2.72. The van der Waals surface area contributed by atoms with Gasteiger partial charge >= 0.3 is 0 Å². The van der Waals surface area contributed by atoms with Crippen LogP contribution in [0.25, 0.3) is 0 Å². The van der Waals surface area contributed by atoms with Crippen molar-refractivity contribution in [3.8, 4) is 0 Å². The summed E-state index contributed by atoms with van der Waals surface area (Å²) in [5.41, 5.74) is 0.117. The molecule has 2 aromatic rings. The Morgan fingerprint density at radius 1 is 1.10 bits per heavy atom. The molecule has 1 aliphatic rings. The van der Waals surface area contributed by atoms with Gasteiger partial charge in [0.05, 0.1) is 13.2 Å². The predicted octanol–water partition coefficient (Wildman–Crippen LogP) is 2.91. The SMILES string of the molecule is O=C(CCN1CCOCC1)Nc1cccc(CNc2c(F)c(F)nc(F)c2F)c1. The lowest BCUT2D eigenvalue weighted by atomic mass is 10.2. The molecular formula is C19H20F4N4O2. The summed E-state index contributed by atoms with van der Waals surface area (Å²) >= 11 is 0. The molecule has 0 bridgehead atoms. The zero-order valence-electron chi connectivity index (χ0n) is 15.5. The molecule has 0 radical (unpaired) electrons. The van der Waals surface area contributed by atoms with E-state index in [1.165, 1.54) is 0 Å². The highest BCUT2D eigenvalue weighted by Gasteiger charge is 2.20. The molecule has 0 spiro atoms. The van der Waals surface area contributed by atoms with E-state index in [1.54, 1.807) is 24.3 Å². The maximum absolute atomic E-state index is 13.7. The lowest BCUT2D eigenvalue weighted by Crippen LogP contribution is -2.38. The summed E-state index contributed by atoms with van der Waals surface area (Å²) in [5, 5.41) is 5.08. The molecule has 1 aromatic carbocycles. The molecule has 6 nitrogen and oxygen atoms in total. The minimum absolute atomic E-state index is 0.117. The first-order valence-corrected chi connectivity index (χ1v) is 9.07. The fraction of sp³-hybridized carbons (Fsp3) is 0.368. The second-order valence-corrected chi connectivity index (χ2v) is 6.50. The number of nitrogens with zero attached hydrogens (tertiary/aromatic N) is 2. The van der Waals surface area contributed by atoms with E-state index in [9.17, 15) is 22.4 Å². The highest BCUT2D eigenvalue weighted by Crippen LogP contribution is 2.23. The Morgan fingerprint density at radius 2 is 1.79 bits per heavy atom. The average Bonchev–Trinajstić information content (AvgIpc) is 2.72. The summed E-state index contributed by atoms with van der Waals surface area (Å²) < 4.78 is 58.9. The van der Waals surface area contributed by atoms with Crippen molar-refractivity contribution in [3.05, 3.63) is 53.4 Å². The first-order valence-electron chi connectivity index (χ1n) is 9.07. The normalized spacial score (nSPS) is 14.6. The Balaban J connectivity index is 1.56. The van der Waals surface area contributed by atoms with E-state index in [1.807, 2.05) is 0 Å². The number of hydrogen-bond acceptors (Lipinski definition) is 5. The number of nitrogens with one attached hydrogen (secondary N) is 2. The summed E-state index contributed by atoms with van der Waals surface area (Å²) in [4.78, 5) is 16.8. The molecule has 0 aliphatic carbocycles. The van der Waals surface area contributed by atoms with Gasteiger partial charge in [0.15, 0.2) is 0 Å². The van der Waals surface area contributed by atoms with Gasteiger partial charge in [-0.25, -0.2) is 0 Å². The van der Waals surface area contributed by atoms with Gasteiger partial charge in [0.25, 0.3) is 11.9 Å². The fourth-order valence-electron chi connectivity index (χ4n) is 2.90. The van der Waals surface area contributed by atoms with Crippen LogP contribution >= 0.6 is 0 Å². The van der Waals surface area contributed by atoms with Gasteiger partial charge in [0.2, 0.25) is 17.5 Å². The predicted molar refractivity (Wildman–Crippen MR) is 98.3 cm³/mol. The van der Waals surface area contributed by atoms with Crippen LogP contribution in [0.2, 0.25) is 0 Å². The number of ether oxygens (including phenoxy) is 1. The van der Waals surface area contributed by atoms with Crippen LogP contribution < -0.4 is 10.6 Å². The molecule has 1 fully saturated rings. The topological polar surface area (TPSA) is 66.5 Å². The van der Waals surface area contributed by atoms with Gasteiger partial charge in [-0.3, -0.25) is 9.69 Å². The van der Waals surface area contributed by atoms with E-state index in [2.05, 4.69) is 20.5 Å². The van der Waals surface area contributed by atoms with Gasteiger partial charge in [0, 0.05) is 38.3 Å². The third-order valence-corrected chi connectivity index (χ3v) is 4.44. The first kappa shape index (κ1) is 21.0. The van der Waals surface area contributed by atoms with Gasteiger partial charge in [-0.15, -0.1) is 0 Å². The highest BCUT2D eigenvalue weighted by atomic mass is 19.2. The van der Waals surface area contributed by atoms with Crippen LogP contribution in [0.5, 0.6) is 0 Å². The van der Waals surface area contributed by atoms with Gasteiger partial charge in [0.1, 0.15) is 5.69 Å². The molecule has 0 saturated carbocycles. The number of morpholine rings is 1. The lowest BCUT2D eigenvalue weighted by molar-refractivity contribution is -0.116. The second kappa shape index (κ2) is 9.66. The Kier molecular flexibility index (Phi) is 6.99. The standard InChI is InChI=1S/C19H20F4N4O2/c20-15-17(16(21)19(23)26-18(15)22)24-11-12-2-1-3-13(10-12)25-14(28)4-5-27-6-8-29-9-7-27/h1-3,10H,4-9,11H2,(H,24,26)(H,25,28). The molecule has 1 saturated heterocycles. The van der Waals surface area contributed by atoms with Crippen molar-refractivity contribution in [3.63, 3.8) is 0 Å². The van der Waals surface area contributed by atoms with Crippen LogP contribution in [0.15, 0.2) is 24.3 Å². The number of rotatable bonds is 7. The molecule has 1 aliphatic heterocycles. The van der Waals surface area contributed by atoms with E-state index < -0.39 is 29.2 Å². The number of pyridine rings is 1. The van der Waals surface area contributed by atoms with Gasteiger partial charge in [-0.1, -0.05) is 12.1 Å². The first-order chi connectivity index (χ1) is 13.9. The van der Waals surface area contributed by atoms with Gasteiger partial charge in [-0.05, 0) is 17.7 Å². The summed E-state index contributed by atoms with van der Waals surface area (Å²) in [6.45, 7) is 3.39. The summed E-state index contributed by atoms with van der Waals surface area (Å²) in [7, 11) is 0. The third-order valence-electron chi connectivity index (χ3n) is 4.44. The van der Waals surface area contributed by atoms with Crippen molar-refractivity contribution >= 4 is 17.3 Å². The molecule has 29 heavy (non-hydrogen) atoms. The number of carbonyl (C=O) groups excluding carboxylic acids is 1. The number of hydrogen-bond donors (Lipinski definition) is 2. The smallest absolute Gasteiger partial charge is 0.253 e. The number of benzene rings is 1. The molecule has 0 unspecified atom stereocenters. The van der Waals surface area contributed by atoms with Crippen molar-refractivity contribution in [2.24, 2.45) is 0 Å². The van der Waals surface area contributed by atoms with Crippen molar-refractivity contribution in [1.29, 1.82) is 0 Å². The Morgan fingerprint density at radius 3 is 2.48 bits per heavy atom. The van der Waals surface area contributed by atoms with Crippen molar-refractivity contribution in [1.82, 2.24) is 9.88 Å². The summed E-state index contributed by atoms with van der Waals surface area (Å²) in [6, 6.07) is 6.56. The van der Waals surface area contributed by atoms with Crippen LogP contribution in [0.3, 0.4) is 0 Å². The van der Waals surface area contributed by atoms with E-state index in [0.717, 1.165) is 13.1 Å². The molecule has 3 rings (SSSR count). The van der Waals surface area contributed by atoms with Crippen LogP contribution in [-0.4, -0.2) is 48.6 Å². The Bertz CT molecular complexity index is 849. The molecule has 1 amide bonds. The number of amides is 1. The average molecular weight is 412 g/mol. The molecule has 2 heterocycles. The highest BCUT2D eigenvalue weighted by molar-refractivity contribution is 5.90. The number of carbonyl (C=O) groups is 1. The fourth-order valence-corrected chi connectivity index (χ4v) is 2.90. The Labute approximate surface area is 164 Å². The van der Waals surface area contributed by atoms with Crippen LogP contribution in [0, 0.1) is 23.5 Å². The van der Waals surface area contributed by atoms with E-state index >= 15 is 0 Å². The number of halogens is 4. The van der Waals surface area contributed by atoms with E-state index in [4.69, 9.17) is 4.74 Å². The lowest BCUT2D eigenvalue weighted by Gasteiger charge is -2.26. The van der Waals surface area contributed by atoms with Crippen molar-refractivity contribution in [2.75, 3.05) is 43.5 Å². The van der Waals surface area contributed by atoms with Crippen LogP contribution in [0.4, 0.5) is 28.9 Å². The molecule has 0 atom stereocenters. The van der Waals surface area contributed by atoms with Crippen molar-refractivity contribution < 1.29 is 27.1 Å². The minimum Gasteiger partial charge on any atom is -0.379 e. The van der Waals surface area contributed by atoms with E-state index in [-0.39, 0.29) is 12.5 Å². The third kappa shape index (κ3) is 5.64. The molecule has 10 heteroatoms. The monoisotopic (exact) mass is 412 g/mol. The zero-order valence-corrected chi connectivity index (χ0v) is 15.5. The van der Waals surface area contributed by atoms with Crippen LogP contribution in [0.1, 0.15) is 12.0 Å². The maximum Gasteiger partial charge on any atom is 0.253 e. The van der Waals surface area contributed by atoms with Gasteiger partial charge in [-0.2, -0.15) is 22.5 Å². The van der Waals surface area contributed by atoms with Crippen LogP contribution in [-0.2, 0) is 16.1 Å². The minimum atomic E-state index is -1.73. The second-order valence-electron chi connectivity index (χ2n) is 6.50. The number of aromatic nitrogens is 1. The maximum atomic E-state index is 13.7. The zero-order chi connectivity index (χ0) is 20.8. The summed E-state index contributed by atoms with van der Waals surface area (Å²) in [5.74, 6) is -6.83. The largest absolute Gasteiger partial charge is 0.379 e. The van der Waals surface area contributed by atoms with Crippen molar-refractivity contribution in [2.45, 2.75) is 13.0 Å². The molecule has 156 valence electrons. The number of anilines is 2. The van der Waals surface area contributed by atoms with Gasteiger partial charge < -0.3 is 15.4 Å². The summed E-state index contributed by atoms with van der Waals surface area (Å²) in [6.07, 6.45) is 0.314.